The zero-order valence-corrected chi connectivity index (χ0v) is 12.0. The first kappa shape index (κ1) is 12.1. The Labute approximate surface area is 122 Å². The summed E-state index contributed by atoms with van der Waals surface area (Å²) in [4.78, 5) is 3.47. The molecule has 0 radical (unpaired) electrons. The highest BCUT2D eigenvalue weighted by molar-refractivity contribution is 6.11. The van der Waals surface area contributed by atoms with Crippen LogP contribution in [0, 0.1) is 13.8 Å². The number of hydrogen-bond donors (Lipinski definition) is 2. The van der Waals surface area contributed by atoms with Gasteiger partial charge in [0.05, 0.1) is 0 Å². The second-order valence-electron chi connectivity index (χ2n) is 5.53. The molecule has 104 valence electrons. The smallest absolute Gasteiger partial charge is 0.116 e. The molecule has 0 atom stereocenters. The summed E-state index contributed by atoms with van der Waals surface area (Å²) >= 11 is 0. The number of fused-ring (bicyclic) bond motifs is 3. The molecular formula is C18H16N2O. The number of phenolic OH excluding ortho intramolecular Hbond substituents is 1. The van der Waals surface area contributed by atoms with E-state index in [4.69, 9.17) is 0 Å². The van der Waals surface area contributed by atoms with Gasteiger partial charge >= 0.3 is 0 Å². The molecule has 0 unspecified atom stereocenters. The number of phenols is 1. The summed E-state index contributed by atoms with van der Waals surface area (Å²) in [5, 5.41) is 12.1. The van der Waals surface area contributed by atoms with Gasteiger partial charge in [0, 0.05) is 39.9 Å². The van der Waals surface area contributed by atoms with E-state index >= 15 is 0 Å². The number of benzene rings is 2. The molecule has 4 aromatic rings. The van der Waals surface area contributed by atoms with E-state index in [1.54, 1.807) is 6.07 Å². The maximum atomic E-state index is 9.80. The zero-order valence-electron chi connectivity index (χ0n) is 12.0. The summed E-state index contributed by atoms with van der Waals surface area (Å²) in [6.07, 6.45) is 4.11. The van der Waals surface area contributed by atoms with Crippen molar-refractivity contribution in [3.05, 3.63) is 59.9 Å². The SMILES string of the molecule is Cc1cc(-n2cccc2)c(C)c2c1[nH]c1ccc(O)cc12. The molecule has 0 aliphatic rings. The van der Waals surface area contributed by atoms with Gasteiger partial charge in [-0.05, 0) is 61.4 Å². The first-order chi connectivity index (χ1) is 10.1. The van der Waals surface area contributed by atoms with Crippen molar-refractivity contribution in [1.82, 2.24) is 9.55 Å². The molecule has 0 fully saturated rings. The van der Waals surface area contributed by atoms with Crippen molar-refractivity contribution in [2.24, 2.45) is 0 Å². The molecule has 0 saturated carbocycles. The van der Waals surface area contributed by atoms with Gasteiger partial charge in [-0.2, -0.15) is 0 Å². The minimum absolute atomic E-state index is 0.298. The first-order valence-electron chi connectivity index (χ1n) is 7.03. The number of aromatic amines is 1. The summed E-state index contributed by atoms with van der Waals surface area (Å²) in [6.45, 7) is 4.25. The van der Waals surface area contributed by atoms with E-state index in [2.05, 4.69) is 41.9 Å². The zero-order chi connectivity index (χ0) is 14.6. The Kier molecular flexibility index (Phi) is 2.39. The van der Waals surface area contributed by atoms with Crippen LogP contribution in [0.4, 0.5) is 0 Å². The normalized spacial score (nSPS) is 11.5. The van der Waals surface area contributed by atoms with E-state index in [1.165, 1.54) is 22.2 Å². The van der Waals surface area contributed by atoms with Crippen molar-refractivity contribution < 1.29 is 5.11 Å². The number of nitrogens with one attached hydrogen (secondary N) is 1. The van der Waals surface area contributed by atoms with E-state index in [9.17, 15) is 5.11 Å². The fourth-order valence-electron chi connectivity index (χ4n) is 3.14. The maximum absolute atomic E-state index is 9.80. The topological polar surface area (TPSA) is 41.0 Å². The van der Waals surface area contributed by atoms with E-state index in [-0.39, 0.29) is 0 Å². The predicted octanol–water partition coefficient (Wildman–Crippen LogP) is 4.43. The van der Waals surface area contributed by atoms with Gasteiger partial charge in [0.25, 0.3) is 0 Å². The summed E-state index contributed by atoms with van der Waals surface area (Å²) in [7, 11) is 0. The van der Waals surface area contributed by atoms with Crippen LogP contribution in [-0.2, 0) is 0 Å². The molecule has 2 aromatic heterocycles. The molecular weight excluding hydrogens is 260 g/mol. The number of H-pyrrole nitrogens is 1. The Bertz CT molecular complexity index is 962. The number of rotatable bonds is 1. The lowest BCUT2D eigenvalue weighted by Gasteiger charge is -2.11. The number of nitrogens with zero attached hydrogens (tertiary/aromatic N) is 1. The molecule has 2 N–H and O–H groups in total. The number of aromatic hydroxyl groups is 1. The third-order valence-corrected chi connectivity index (χ3v) is 4.17. The van der Waals surface area contributed by atoms with E-state index in [0.29, 0.717) is 5.75 Å². The molecule has 2 aromatic carbocycles. The van der Waals surface area contributed by atoms with Crippen LogP contribution in [0.25, 0.3) is 27.5 Å². The molecule has 0 amide bonds. The highest BCUT2D eigenvalue weighted by Crippen LogP contribution is 2.35. The van der Waals surface area contributed by atoms with Crippen LogP contribution in [0.15, 0.2) is 48.8 Å². The number of aromatic nitrogens is 2. The second-order valence-corrected chi connectivity index (χ2v) is 5.53. The predicted molar refractivity (Wildman–Crippen MR) is 86.3 cm³/mol. The quantitative estimate of drug-likeness (QED) is 0.530. The van der Waals surface area contributed by atoms with E-state index in [0.717, 1.165) is 16.4 Å². The van der Waals surface area contributed by atoms with E-state index < -0.39 is 0 Å². The average molecular weight is 276 g/mol. The molecule has 21 heavy (non-hydrogen) atoms. The Morgan fingerprint density at radius 2 is 1.81 bits per heavy atom. The summed E-state index contributed by atoms with van der Waals surface area (Å²) in [6, 6.07) is 11.7. The van der Waals surface area contributed by atoms with E-state index in [1.807, 2.05) is 24.3 Å². The molecule has 3 heteroatoms. The Balaban J connectivity index is 2.19. The monoisotopic (exact) mass is 276 g/mol. The van der Waals surface area contributed by atoms with Gasteiger partial charge in [0.15, 0.2) is 0 Å². The van der Waals surface area contributed by atoms with Crippen LogP contribution in [0.5, 0.6) is 5.75 Å². The maximum Gasteiger partial charge on any atom is 0.116 e. The third kappa shape index (κ3) is 1.67. The molecule has 0 spiro atoms. The molecule has 2 heterocycles. The van der Waals surface area contributed by atoms with Crippen molar-refractivity contribution in [3.63, 3.8) is 0 Å². The average Bonchev–Trinajstić information content (AvgIpc) is 3.09. The number of aryl methyl sites for hydroxylation is 2. The van der Waals surface area contributed by atoms with Gasteiger partial charge in [0.2, 0.25) is 0 Å². The molecule has 4 rings (SSSR count). The number of hydrogen-bond acceptors (Lipinski definition) is 1. The second kappa shape index (κ2) is 4.16. The van der Waals surface area contributed by atoms with Gasteiger partial charge in [-0.25, -0.2) is 0 Å². The van der Waals surface area contributed by atoms with Crippen molar-refractivity contribution >= 4 is 21.8 Å². The molecule has 0 aliphatic carbocycles. The fourth-order valence-corrected chi connectivity index (χ4v) is 3.14. The molecule has 0 saturated heterocycles. The minimum atomic E-state index is 0.298. The third-order valence-electron chi connectivity index (χ3n) is 4.17. The van der Waals surface area contributed by atoms with Crippen molar-refractivity contribution in [2.45, 2.75) is 13.8 Å². The van der Waals surface area contributed by atoms with Gasteiger partial charge < -0.3 is 14.7 Å². The van der Waals surface area contributed by atoms with Crippen LogP contribution in [-0.4, -0.2) is 14.7 Å². The highest BCUT2D eigenvalue weighted by Gasteiger charge is 2.13. The standard InChI is InChI=1S/C18H16N2O/c1-11-9-16(20-7-3-4-8-20)12(2)17-14-10-13(21)5-6-15(14)19-18(11)17/h3-10,19,21H,1-2H3. The lowest BCUT2D eigenvalue weighted by molar-refractivity contribution is 0.476. The molecule has 3 nitrogen and oxygen atoms in total. The Hall–Kier alpha value is -2.68. The summed E-state index contributed by atoms with van der Waals surface area (Å²) in [5.41, 5.74) is 5.79. The van der Waals surface area contributed by atoms with Crippen LogP contribution >= 0.6 is 0 Å². The molecule has 0 bridgehead atoms. The fraction of sp³-hybridized carbons (Fsp3) is 0.111. The Morgan fingerprint density at radius 3 is 2.57 bits per heavy atom. The summed E-state index contributed by atoms with van der Waals surface area (Å²) in [5.74, 6) is 0.298. The van der Waals surface area contributed by atoms with Gasteiger partial charge in [0.1, 0.15) is 5.75 Å². The van der Waals surface area contributed by atoms with Crippen molar-refractivity contribution in [1.29, 1.82) is 0 Å². The van der Waals surface area contributed by atoms with Gasteiger partial charge in [-0.1, -0.05) is 0 Å². The van der Waals surface area contributed by atoms with Crippen molar-refractivity contribution in [2.75, 3.05) is 0 Å². The van der Waals surface area contributed by atoms with Crippen LogP contribution in [0.2, 0.25) is 0 Å². The summed E-state index contributed by atoms with van der Waals surface area (Å²) < 4.78 is 2.13. The Morgan fingerprint density at radius 1 is 1.05 bits per heavy atom. The molecule has 0 aliphatic heterocycles. The van der Waals surface area contributed by atoms with Crippen LogP contribution < -0.4 is 0 Å². The largest absolute Gasteiger partial charge is 0.508 e. The highest BCUT2D eigenvalue weighted by atomic mass is 16.3. The van der Waals surface area contributed by atoms with Crippen LogP contribution in [0.1, 0.15) is 11.1 Å². The van der Waals surface area contributed by atoms with Gasteiger partial charge in [-0.15, -0.1) is 0 Å². The first-order valence-corrected chi connectivity index (χ1v) is 7.03. The van der Waals surface area contributed by atoms with Gasteiger partial charge in [-0.3, -0.25) is 0 Å². The lowest BCUT2D eigenvalue weighted by Crippen LogP contribution is -1.95. The minimum Gasteiger partial charge on any atom is -0.508 e. The van der Waals surface area contributed by atoms with Crippen LogP contribution in [0.3, 0.4) is 0 Å². The lowest BCUT2D eigenvalue weighted by atomic mass is 10.0. The van der Waals surface area contributed by atoms with Crippen molar-refractivity contribution in [3.8, 4) is 11.4 Å².